The molecule has 0 amide bonds. The maximum Gasteiger partial charge on any atom is 0.573 e. The van der Waals surface area contributed by atoms with E-state index in [-0.39, 0.29) is 23.3 Å². The van der Waals surface area contributed by atoms with E-state index >= 15 is 0 Å². The number of benzene rings is 3. The highest BCUT2D eigenvalue weighted by atomic mass is 32.2. The van der Waals surface area contributed by atoms with Gasteiger partial charge in [0.1, 0.15) is 17.4 Å². The predicted octanol–water partition coefficient (Wildman–Crippen LogP) is 7.09. The van der Waals surface area contributed by atoms with Crippen LogP contribution in [0.4, 0.5) is 33.6 Å². The minimum absolute atomic E-state index is 0.133. The van der Waals surface area contributed by atoms with Gasteiger partial charge in [-0.15, -0.1) is 13.2 Å². The summed E-state index contributed by atoms with van der Waals surface area (Å²) < 4.78 is 67.4. The molecular formula is C22H13F5N4OS2. The van der Waals surface area contributed by atoms with E-state index in [1.54, 1.807) is 24.3 Å². The standard InChI is InChI=1S/C22H13F5N4OS2/c23-13-1-9-17(10-2-13)33-20-29-19(28-15-5-7-16(8-6-15)32-22(25,26)27)30-21(31-20)34-18-11-3-14(24)4-12-18/h1-12H,(H,28,29,30,31). The van der Waals surface area contributed by atoms with Crippen molar-refractivity contribution in [2.45, 2.75) is 26.5 Å². The first-order valence-electron chi connectivity index (χ1n) is 9.48. The average molecular weight is 508 g/mol. The Morgan fingerprint density at radius 1 is 0.647 bits per heavy atom. The van der Waals surface area contributed by atoms with Crippen LogP contribution >= 0.6 is 23.5 Å². The van der Waals surface area contributed by atoms with Crippen molar-refractivity contribution in [3.05, 3.63) is 84.4 Å². The lowest BCUT2D eigenvalue weighted by molar-refractivity contribution is -0.274. The van der Waals surface area contributed by atoms with E-state index in [4.69, 9.17) is 0 Å². The molecule has 3 aromatic carbocycles. The summed E-state index contributed by atoms with van der Waals surface area (Å²) in [6.07, 6.45) is -4.79. The van der Waals surface area contributed by atoms with Gasteiger partial charge in [0.15, 0.2) is 10.3 Å². The summed E-state index contributed by atoms with van der Waals surface area (Å²) >= 11 is 2.34. The normalized spacial score (nSPS) is 11.3. The lowest BCUT2D eigenvalue weighted by Crippen LogP contribution is -2.17. The number of alkyl halides is 3. The second-order valence-electron chi connectivity index (χ2n) is 6.53. The first kappa shape index (κ1) is 23.8. The summed E-state index contributed by atoms with van der Waals surface area (Å²) in [5.74, 6) is -0.997. The van der Waals surface area contributed by atoms with Gasteiger partial charge in [-0.05, 0) is 96.3 Å². The quantitative estimate of drug-likeness (QED) is 0.267. The number of halogens is 5. The van der Waals surface area contributed by atoms with Crippen LogP contribution in [-0.4, -0.2) is 21.3 Å². The smallest absolute Gasteiger partial charge is 0.406 e. The summed E-state index contributed by atoms with van der Waals surface area (Å²) in [5, 5.41) is 3.51. The average Bonchev–Trinajstić information content (AvgIpc) is 2.77. The summed E-state index contributed by atoms with van der Waals surface area (Å²) in [6.45, 7) is 0. The highest BCUT2D eigenvalue weighted by Crippen LogP contribution is 2.31. The number of hydrogen-bond donors (Lipinski definition) is 1. The molecule has 12 heteroatoms. The molecule has 4 aromatic rings. The number of nitrogens with one attached hydrogen (secondary N) is 1. The van der Waals surface area contributed by atoms with Crippen LogP contribution in [0.15, 0.2) is 92.9 Å². The van der Waals surface area contributed by atoms with E-state index < -0.39 is 6.36 Å². The number of anilines is 2. The second kappa shape index (κ2) is 10.3. The van der Waals surface area contributed by atoms with Crippen LogP contribution in [0.2, 0.25) is 0 Å². The number of ether oxygens (including phenoxy) is 1. The van der Waals surface area contributed by atoms with Gasteiger partial charge >= 0.3 is 6.36 Å². The predicted molar refractivity (Wildman–Crippen MR) is 117 cm³/mol. The zero-order valence-electron chi connectivity index (χ0n) is 16.9. The summed E-state index contributed by atoms with van der Waals surface area (Å²) in [7, 11) is 0. The third kappa shape index (κ3) is 7.06. The van der Waals surface area contributed by atoms with Gasteiger partial charge in [-0.25, -0.2) is 8.78 Å². The maximum absolute atomic E-state index is 13.2. The molecule has 5 nitrogen and oxygen atoms in total. The molecule has 34 heavy (non-hydrogen) atoms. The number of aromatic nitrogens is 3. The van der Waals surface area contributed by atoms with Crippen LogP contribution in [-0.2, 0) is 0 Å². The molecule has 0 atom stereocenters. The minimum Gasteiger partial charge on any atom is -0.406 e. The van der Waals surface area contributed by atoms with Crippen molar-refractivity contribution in [3.8, 4) is 5.75 Å². The monoisotopic (exact) mass is 508 g/mol. The SMILES string of the molecule is Fc1ccc(Sc2nc(Nc3ccc(OC(F)(F)F)cc3)nc(Sc3ccc(F)cc3)n2)cc1. The number of hydrogen-bond acceptors (Lipinski definition) is 7. The van der Waals surface area contributed by atoms with Gasteiger partial charge in [0.25, 0.3) is 0 Å². The zero-order valence-corrected chi connectivity index (χ0v) is 18.5. The van der Waals surface area contributed by atoms with Crippen LogP contribution < -0.4 is 10.1 Å². The Bertz CT molecular complexity index is 1190. The molecule has 0 aliphatic heterocycles. The Morgan fingerprint density at radius 2 is 1.12 bits per heavy atom. The molecule has 1 heterocycles. The molecule has 174 valence electrons. The zero-order chi connectivity index (χ0) is 24.1. The molecule has 1 N–H and O–H groups in total. The molecule has 0 radical (unpaired) electrons. The second-order valence-corrected chi connectivity index (χ2v) is 8.61. The molecule has 0 saturated heterocycles. The maximum atomic E-state index is 13.2. The van der Waals surface area contributed by atoms with Crippen molar-refractivity contribution >= 4 is 35.2 Å². The van der Waals surface area contributed by atoms with Gasteiger partial charge in [-0.2, -0.15) is 15.0 Å². The van der Waals surface area contributed by atoms with E-state index in [0.717, 1.165) is 12.1 Å². The Kier molecular flexibility index (Phi) is 7.17. The Hall–Kier alpha value is -3.38. The van der Waals surface area contributed by atoms with Crippen LogP contribution in [0, 0.1) is 11.6 Å². The molecule has 1 aromatic heterocycles. The first-order chi connectivity index (χ1) is 16.2. The van der Waals surface area contributed by atoms with Gasteiger partial charge in [0.05, 0.1) is 0 Å². The lowest BCUT2D eigenvalue weighted by atomic mass is 10.3. The molecule has 0 bridgehead atoms. The molecule has 0 spiro atoms. The molecule has 0 unspecified atom stereocenters. The summed E-state index contributed by atoms with van der Waals surface area (Å²) in [5.41, 5.74) is 0.413. The van der Waals surface area contributed by atoms with Crippen LogP contribution in [0.1, 0.15) is 0 Å². The Morgan fingerprint density at radius 3 is 1.56 bits per heavy atom. The molecule has 0 saturated carbocycles. The fourth-order valence-electron chi connectivity index (χ4n) is 2.57. The van der Waals surface area contributed by atoms with Gasteiger partial charge < -0.3 is 10.1 Å². The Labute approximate surface area is 198 Å². The van der Waals surface area contributed by atoms with Crippen molar-refractivity contribution in [1.29, 1.82) is 0 Å². The fourth-order valence-corrected chi connectivity index (χ4v) is 4.12. The largest absolute Gasteiger partial charge is 0.573 e. The molecule has 0 aliphatic rings. The molecule has 0 fully saturated rings. The molecular weight excluding hydrogens is 495 g/mol. The van der Waals surface area contributed by atoms with Gasteiger partial charge in [0.2, 0.25) is 5.95 Å². The van der Waals surface area contributed by atoms with E-state index in [0.29, 0.717) is 25.8 Å². The summed E-state index contributed by atoms with van der Waals surface area (Å²) in [6, 6.07) is 16.6. The first-order valence-corrected chi connectivity index (χ1v) is 11.1. The van der Waals surface area contributed by atoms with E-state index in [1.165, 1.54) is 59.9 Å². The van der Waals surface area contributed by atoms with E-state index in [1.807, 2.05) is 0 Å². The van der Waals surface area contributed by atoms with Gasteiger partial charge in [0, 0.05) is 15.5 Å². The number of rotatable bonds is 7. The van der Waals surface area contributed by atoms with Crippen molar-refractivity contribution < 1.29 is 26.7 Å². The Balaban J connectivity index is 1.59. The molecule has 4 rings (SSSR count). The highest BCUT2D eigenvalue weighted by Gasteiger charge is 2.30. The van der Waals surface area contributed by atoms with Crippen LogP contribution in [0.3, 0.4) is 0 Å². The highest BCUT2D eigenvalue weighted by molar-refractivity contribution is 7.99. The summed E-state index contributed by atoms with van der Waals surface area (Å²) in [4.78, 5) is 14.4. The van der Waals surface area contributed by atoms with Crippen molar-refractivity contribution in [2.75, 3.05) is 5.32 Å². The molecule has 0 aliphatic carbocycles. The topological polar surface area (TPSA) is 59.9 Å². The fraction of sp³-hybridized carbons (Fsp3) is 0.0455. The van der Waals surface area contributed by atoms with Crippen LogP contribution in [0.25, 0.3) is 0 Å². The lowest BCUT2D eigenvalue weighted by Gasteiger charge is -2.11. The minimum atomic E-state index is -4.79. The van der Waals surface area contributed by atoms with Crippen molar-refractivity contribution in [3.63, 3.8) is 0 Å². The van der Waals surface area contributed by atoms with E-state index in [9.17, 15) is 22.0 Å². The van der Waals surface area contributed by atoms with E-state index in [2.05, 4.69) is 25.0 Å². The van der Waals surface area contributed by atoms with Crippen molar-refractivity contribution in [1.82, 2.24) is 15.0 Å². The van der Waals surface area contributed by atoms with Gasteiger partial charge in [-0.1, -0.05) is 0 Å². The number of nitrogens with zero attached hydrogens (tertiary/aromatic N) is 3. The third-order valence-corrected chi connectivity index (χ3v) is 5.73. The van der Waals surface area contributed by atoms with Gasteiger partial charge in [-0.3, -0.25) is 0 Å². The third-order valence-electron chi connectivity index (χ3n) is 3.98. The van der Waals surface area contributed by atoms with Crippen molar-refractivity contribution in [2.24, 2.45) is 0 Å². The van der Waals surface area contributed by atoms with Crippen LogP contribution in [0.5, 0.6) is 5.75 Å².